The van der Waals surface area contributed by atoms with E-state index >= 15 is 0 Å². The van der Waals surface area contributed by atoms with Gasteiger partial charge in [-0.05, 0) is 100 Å². The molecule has 2 heterocycles. The molecule has 0 atom stereocenters. The van der Waals surface area contributed by atoms with E-state index in [1.165, 1.54) is 54.3 Å². The van der Waals surface area contributed by atoms with Crippen LogP contribution in [0.3, 0.4) is 0 Å². The number of nitrogens with zero attached hydrogens (tertiary/aromatic N) is 1. The number of hydrogen-bond acceptors (Lipinski definition) is 3. The van der Waals surface area contributed by atoms with Gasteiger partial charge in [-0.15, -0.1) is 0 Å². The predicted molar refractivity (Wildman–Crippen MR) is 215 cm³/mol. The second-order valence-electron chi connectivity index (χ2n) is 13.3. The number of rotatable bonds is 5. The topological polar surface area (TPSA) is 12.5 Å². The van der Waals surface area contributed by atoms with Crippen molar-refractivity contribution in [2.24, 2.45) is 0 Å². The van der Waals surface area contributed by atoms with E-state index in [-0.39, 0.29) is 0 Å². The predicted octanol–water partition coefficient (Wildman–Crippen LogP) is 13.4. The van der Waals surface area contributed by atoms with Gasteiger partial charge in [0, 0.05) is 38.0 Å². The van der Waals surface area contributed by atoms with Crippen molar-refractivity contribution in [3.63, 3.8) is 0 Å². The molecule has 0 unspecified atom stereocenters. The maximum absolute atomic E-state index is 6.58. The summed E-state index contributed by atoms with van der Waals surface area (Å²) in [4.78, 5) is 4.86. The molecule has 0 amide bonds. The highest BCUT2D eigenvalue weighted by atomic mass is 32.2. The number of anilines is 3. The summed E-state index contributed by atoms with van der Waals surface area (Å²) >= 11 is 1.86. The summed E-state index contributed by atoms with van der Waals surface area (Å²) in [6, 6.07) is 72.0. The van der Waals surface area contributed by atoms with Gasteiger partial charge in [0.25, 0.3) is 0 Å². The third-order valence-electron chi connectivity index (χ3n) is 10.4. The van der Waals surface area contributed by atoms with E-state index in [4.69, 9.17) is 4.74 Å². The summed E-state index contributed by atoms with van der Waals surface area (Å²) < 4.78 is 6.58. The maximum Gasteiger partial charge on any atom is 0.132 e. The molecule has 0 N–H and O–H groups in total. The highest BCUT2D eigenvalue weighted by Gasteiger charge is 2.49. The van der Waals surface area contributed by atoms with Gasteiger partial charge in [0.15, 0.2) is 0 Å². The van der Waals surface area contributed by atoms with Crippen LogP contribution in [-0.2, 0) is 5.41 Å². The lowest BCUT2D eigenvalue weighted by Gasteiger charge is -2.45. The summed E-state index contributed by atoms with van der Waals surface area (Å²) in [5.41, 5.74) is 12.5. The fourth-order valence-corrected chi connectivity index (χ4v) is 9.23. The SMILES string of the molecule is c1ccc(-c2ccc(N(c3ccccc3)c3ccc(-c4ccc5c(c4)C4(c6ccccc6Oc6ccccc64)c4ccccc4S5)cc3)cc2)cc1. The number of para-hydroxylation sites is 3. The van der Waals surface area contributed by atoms with Gasteiger partial charge >= 0.3 is 0 Å². The van der Waals surface area contributed by atoms with E-state index < -0.39 is 5.41 Å². The van der Waals surface area contributed by atoms with E-state index in [0.717, 1.165) is 28.6 Å². The first-order valence-corrected chi connectivity index (χ1v) is 18.5. The van der Waals surface area contributed by atoms with Crippen molar-refractivity contribution in [2.45, 2.75) is 15.2 Å². The summed E-state index contributed by atoms with van der Waals surface area (Å²) in [5, 5.41) is 0. The molecule has 0 fully saturated rings. The standard InChI is InChI=1S/C49H33NOS/c1-3-13-34(14-4-1)35-23-28-39(29-24-35)50(38-15-5-2-6-16-38)40-30-25-36(26-31-40)37-27-32-48-44(33-37)49(43-19-9-12-22-47(43)52-48)41-17-7-10-20-45(41)51-46-21-11-8-18-42(46)49/h1-33H. The molecule has 0 radical (unpaired) electrons. The highest BCUT2D eigenvalue weighted by molar-refractivity contribution is 7.99. The van der Waals surface area contributed by atoms with Crippen molar-refractivity contribution in [1.82, 2.24) is 0 Å². The Labute approximate surface area is 308 Å². The average Bonchev–Trinajstić information content (AvgIpc) is 3.22. The van der Waals surface area contributed by atoms with Crippen LogP contribution in [0.1, 0.15) is 22.3 Å². The highest BCUT2D eigenvalue weighted by Crippen LogP contribution is 2.61. The first-order valence-electron chi connectivity index (χ1n) is 17.7. The van der Waals surface area contributed by atoms with Crippen LogP contribution in [0.4, 0.5) is 17.1 Å². The van der Waals surface area contributed by atoms with Crippen molar-refractivity contribution in [3.8, 4) is 33.8 Å². The van der Waals surface area contributed by atoms with Crippen LogP contribution in [0.5, 0.6) is 11.5 Å². The molecule has 8 aromatic rings. The molecule has 3 heteroatoms. The Morgan fingerprint density at radius 2 is 0.788 bits per heavy atom. The van der Waals surface area contributed by atoms with E-state index in [1.54, 1.807) is 0 Å². The van der Waals surface area contributed by atoms with Crippen LogP contribution in [0.15, 0.2) is 210 Å². The Hall–Kier alpha value is -6.29. The Morgan fingerprint density at radius 1 is 0.346 bits per heavy atom. The van der Waals surface area contributed by atoms with Crippen LogP contribution >= 0.6 is 11.8 Å². The second-order valence-corrected chi connectivity index (χ2v) is 14.4. The molecule has 10 rings (SSSR count). The van der Waals surface area contributed by atoms with Crippen molar-refractivity contribution in [1.29, 1.82) is 0 Å². The molecule has 0 bridgehead atoms. The molecule has 1 spiro atoms. The van der Waals surface area contributed by atoms with Gasteiger partial charge in [-0.2, -0.15) is 0 Å². The minimum Gasteiger partial charge on any atom is -0.457 e. The fourth-order valence-electron chi connectivity index (χ4n) is 8.06. The molecule has 2 aliphatic heterocycles. The lowest BCUT2D eigenvalue weighted by atomic mass is 9.63. The largest absolute Gasteiger partial charge is 0.457 e. The first kappa shape index (κ1) is 30.5. The zero-order valence-corrected chi connectivity index (χ0v) is 29.1. The first-order chi connectivity index (χ1) is 25.8. The lowest BCUT2D eigenvalue weighted by Crippen LogP contribution is -2.36. The summed E-state index contributed by atoms with van der Waals surface area (Å²) in [6.07, 6.45) is 0. The van der Waals surface area contributed by atoms with E-state index in [0.29, 0.717) is 0 Å². The van der Waals surface area contributed by atoms with Crippen molar-refractivity contribution in [2.75, 3.05) is 4.90 Å². The maximum atomic E-state index is 6.58. The Kier molecular flexibility index (Phi) is 7.33. The molecule has 0 aliphatic carbocycles. The van der Waals surface area contributed by atoms with Gasteiger partial charge in [0.05, 0.1) is 5.41 Å². The Balaban J connectivity index is 1.09. The normalized spacial score (nSPS) is 13.2. The molecule has 2 nitrogen and oxygen atoms in total. The zero-order valence-electron chi connectivity index (χ0n) is 28.3. The van der Waals surface area contributed by atoms with E-state index in [1.807, 2.05) is 11.8 Å². The molecule has 2 aliphatic rings. The van der Waals surface area contributed by atoms with Crippen LogP contribution in [-0.4, -0.2) is 0 Å². The summed E-state index contributed by atoms with van der Waals surface area (Å²) in [7, 11) is 0. The zero-order chi connectivity index (χ0) is 34.5. The van der Waals surface area contributed by atoms with Gasteiger partial charge in [0.1, 0.15) is 11.5 Å². The van der Waals surface area contributed by atoms with Crippen molar-refractivity contribution < 1.29 is 4.74 Å². The second kappa shape index (κ2) is 12.5. The van der Waals surface area contributed by atoms with Gasteiger partial charge < -0.3 is 9.64 Å². The average molecular weight is 684 g/mol. The van der Waals surface area contributed by atoms with E-state index in [2.05, 4.69) is 205 Å². The molecule has 8 aromatic carbocycles. The Bertz CT molecular complexity index is 2460. The summed E-state index contributed by atoms with van der Waals surface area (Å²) in [5.74, 6) is 1.81. The number of ether oxygens (including phenoxy) is 1. The Morgan fingerprint density at radius 3 is 1.42 bits per heavy atom. The smallest absolute Gasteiger partial charge is 0.132 e. The fraction of sp³-hybridized carbons (Fsp3) is 0.0204. The summed E-state index contributed by atoms with van der Waals surface area (Å²) in [6.45, 7) is 0. The molecular weight excluding hydrogens is 651 g/mol. The van der Waals surface area contributed by atoms with E-state index in [9.17, 15) is 0 Å². The lowest BCUT2D eigenvalue weighted by molar-refractivity contribution is 0.431. The van der Waals surface area contributed by atoms with Crippen molar-refractivity contribution >= 4 is 28.8 Å². The quantitative estimate of drug-likeness (QED) is 0.179. The van der Waals surface area contributed by atoms with Crippen LogP contribution in [0, 0.1) is 0 Å². The van der Waals surface area contributed by atoms with Crippen LogP contribution in [0.25, 0.3) is 22.3 Å². The molecule has 0 saturated heterocycles. The van der Waals surface area contributed by atoms with Crippen molar-refractivity contribution in [3.05, 3.63) is 222 Å². The number of fused-ring (bicyclic) bond motifs is 8. The number of hydrogen-bond donors (Lipinski definition) is 0. The van der Waals surface area contributed by atoms with Crippen LogP contribution in [0.2, 0.25) is 0 Å². The monoisotopic (exact) mass is 683 g/mol. The molecule has 246 valence electrons. The molecule has 0 saturated carbocycles. The number of benzene rings is 8. The van der Waals surface area contributed by atoms with Gasteiger partial charge in [-0.25, -0.2) is 0 Å². The van der Waals surface area contributed by atoms with Crippen LogP contribution < -0.4 is 9.64 Å². The molecule has 0 aromatic heterocycles. The minimum atomic E-state index is -0.519. The van der Waals surface area contributed by atoms with Gasteiger partial charge in [-0.3, -0.25) is 0 Å². The molecular formula is C49H33NOS. The third-order valence-corrected chi connectivity index (χ3v) is 11.6. The van der Waals surface area contributed by atoms with Gasteiger partial charge in [-0.1, -0.05) is 145 Å². The van der Waals surface area contributed by atoms with Gasteiger partial charge in [0.2, 0.25) is 0 Å². The molecule has 52 heavy (non-hydrogen) atoms. The third kappa shape index (κ3) is 4.89. The minimum absolute atomic E-state index is 0.519.